The number of aliphatic hydroxyl groups excluding tert-OH is 1. The van der Waals surface area contributed by atoms with E-state index in [1.54, 1.807) is 6.07 Å². The molecule has 1 rings (SSSR count). The van der Waals surface area contributed by atoms with E-state index < -0.39 is 18.6 Å². The Balaban J connectivity index is 3.36. The molecule has 1 heterocycles. The number of alkyl halides is 2. The smallest absolute Gasteiger partial charge is 0.266 e. The maximum Gasteiger partial charge on any atom is 0.266 e. The third-order valence-corrected chi connectivity index (χ3v) is 1.80. The summed E-state index contributed by atoms with van der Waals surface area (Å²) in [4.78, 5) is 3.58. The number of halogens is 2. The highest BCUT2D eigenvalue weighted by Gasteiger charge is 2.18. The lowest BCUT2D eigenvalue weighted by Crippen LogP contribution is -2.02. The lowest BCUT2D eigenvalue weighted by Gasteiger charge is -2.08. The van der Waals surface area contributed by atoms with Crippen LogP contribution in [-0.2, 0) is 6.61 Å². The molecule has 80 valence electrons. The van der Waals surface area contributed by atoms with Gasteiger partial charge in [-0.05, 0) is 6.07 Å². The maximum absolute atomic E-state index is 12.5. The van der Waals surface area contributed by atoms with E-state index in [9.17, 15) is 8.78 Å². The Morgan fingerprint density at radius 2 is 2.33 bits per heavy atom. The number of nitrogens with zero attached hydrogens (tertiary/aromatic N) is 2. The Hall–Kier alpha value is -1.74. The van der Waals surface area contributed by atoms with Crippen molar-refractivity contribution in [2.45, 2.75) is 13.0 Å². The van der Waals surface area contributed by atoms with Crippen LogP contribution in [0.3, 0.4) is 0 Å². The van der Waals surface area contributed by atoms with E-state index >= 15 is 0 Å². The standard InChI is InChI=1S/C9H8F2N2O2/c1-15-9-5(4-14)2-6(8(10)11)7(3-12)13-9/h2,8,14H,4H2,1H3. The molecule has 0 aromatic carbocycles. The van der Waals surface area contributed by atoms with Crippen molar-refractivity contribution in [2.75, 3.05) is 7.11 Å². The van der Waals surface area contributed by atoms with Crippen molar-refractivity contribution in [3.8, 4) is 11.9 Å². The molecule has 0 fully saturated rings. The molecule has 1 aromatic heterocycles. The number of nitriles is 1. The van der Waals surface area contributed by atoms with Crippen LogP contribution >= 0.6 is 0 Å². The number of pyridine rings is 1. The summed E-state index contributed by atoms with van der Waals surface area (Å²) in [5.41, 5.74) is -0.756. The first kappa shape index (κ1) is 11.3. The zero-order valence-electron chi connectivity index (χ0n) is 7.87. The van der Waals surface area contributed by atoms with Crippen molar-refractivity contribution < 1.29 is 18.6 Å². The molecule has 0 saturated carbocycles. The molecule has 15 heavy (non-hydrogen) atoms. The molecule has 1 aromatic rings. The zero-order valence-corrected chi connectivity index (χ0v) is 7.87. The minimum atomic E-state index is -2.80. The van der Waals surface area contributed by atoms with Gasteiger partial charge in [-0.1, -0.05) is 0 Å². The van der Waals surface area contributed by atoms with Gasteiger partial charge in [0, 0.05) is 5.56 Å². The van der Waals surface area contributed by atoms with Gasteiger partial charge in [0.15, 0.2) is 5.69 Å². The molecule has 6 heteroatoms. The lowest BCUT2D eigenvalue weighted by atomic mass is 10.1. The summed E-state index contributed by atoms with van der Waals surface area (Å²) in [6.07, 6.45) is -2.80. The molecular formula is C9H8F2N2O2. The van der Waals surface area contributed by atoms with E-state index in [0.717, 1.165) is 6.07 Å². The molecule has 0 aliphatic heterocycles. The maximum atomic E-state index is 12.5. The summed E-state index contributed by atoms with van der Waals surface area (Å²) in [6, 6.07) is 2.57. The van der Waals surface area contributed by atoms with Crippen LogP contribution < -0.4 is 4.74 Å². The minimum Gasteiger partial charge on any atom is -0.481 e. The second-order valence-corrected chi connectivity index (χ2v) is 2.67. The minimum absolute atomic E-state index is 0.0153. The van der Waals surface area contributed by atoms with Crippen molar-refractivity contribution >= 4 is 0 Å². The molecule has 0 atom stereocenters. The summed E-state index contributed by atoms with van der Waals surface area (Å²) in [5.74, 6) is -0.0153. The van der Waals surface area contributed by atoms with Crippen LogP contribution in [0.5, 0.6) is 5.88 Å². The van der Waals surface area contributed by atoms with Crippen molar-refractivity contribution in [3.05, 3.63) is 22.9 Å². The van der Waals surface area contributed by atoms with Gasteiger partial charge >= 0.3 is 0 Å². The molecule has 4 nitrogen and oxygen atoms in total. The molecule has 0 spiro atoms. The fourth-order valence-corrected chi connectivity index (χ4v) is 1.10. The number of hydrogen-bond acceptors (Lipinski definition) is 4. The first-order chi connectivity index (χ1) is 7.13. The van der Waals surface area contributed by atoms with E-state index in [1.807, 2.05) is 0 Å². The van der Waals surface area contributed by atoms with E-state index in [4.69, 9.17) is 15.1 Å². The van der Waals surface area contributed by atoms with Crippen molar-refractivity contribution in [1.29, 1.82) is 5.26 Å². The van der Waals surface area contributed by atoms with Crippen LogP contribution in [0.4, 0.5) is 8.78 Å². The normalized spacial score (nSPS) is 10.1. The molecule has 0 aliphatic carbocycles. The average Bonchev–Trinajstić information content (AvgIpc) is 2.26. The number of rotatable bonds is 3. The highest BCUT2D eigenvalue weighted by Crippen LogP contribution is 2.26. The fraction of sp³-hybridized carbons (Fsp3) is 0.333. The Kier molecular flexibility index (Phi) is 3.52. The van der Waals surface area contributed by atoms with Crippen molar-refractivity contribution in [3.63, 3.8) is 0 Å². The zero-order chi connectivity index (χ0) is 11.4. The Labute approximate surface area is 84.7 Å². The molecule has 0 saturated heterocycles. The number of aromatic nitrogens is 1. The first-order valence-corrected chi connectivity index (χ1v) is 4.01. The molecule has 0 aliphatic rings. The second kappa shape index (κ2) is 4.66. The van der Waals surface area contributed by atoms with Gasteiger partial charge in [0.2, 0.25) is 5.88 Å². The van der Waals surface area contributed by atoms with Gasteiger partial charge in [-0.3, -0.25) is 0 Å². The molecule has 1 N–H and O–H groups in total. The number of hydrogen-bond donors (Lipinski definition) is 1. The number of aliphatic hydroxyl groups is 1. The van der Waals surface area contributed by atoms with Gasteiger partial charge in [0.05, 0.1) is 19.3 Å². The summed E-state index contributed by atoms with van der Waals surface area (Å²) >= 11 is 0. The third kappa shape index (κ3) is 2.19. The van der Waals surface area contributed by atoms with Gasteiger partial charge in [-0.25, -0.2) is 13.8 Å². The number of ether oxygens (including phenoxy) is 1. The van der Waals surface area contributed by atoms with E-state index in [2.05, 4.69) is 4.98 Å². The van der Waals surface area contributed by atoms with Crippen LogP contribution in [-0.4, -0.2) is 17.2 Å². The summed E-state index contributed by atoms with van der Waals surface area (Å²) in [5, 5.41) is 17.5. The van der Waals surface area contributed by atoms with E-state index in [-0.39, 0.29) is 17.1 Å². The number of methoxy groups -OCH3 is 1. The quantitative estimate of drug-likeness (QED) is 0.825. The molecule has 0 amide bonds. The van der Waals surface area contributed by atoms with Crippen LogP contribution in [0, 0.1) is 11.3 Å². The Bertz CT molecular complexity index is 402. The largest absolute Gasteiger partial charge is 0.481 e. The second-order valence-electron chi connectivity index (χ2n) is 2.67. The van der Waals surface area contributed by atoms with E-state index in [0.29, 0.717) is 0 Å². The summed E-state index contributed by atoms with van der Waals surface area (Å²) in [7, 11) is 1.28. The van der Waals surface area contributed by atoms with Crippen LogP contribution in [0.25, 0.3) is 0 Å². The SMILES string of the molecule is COc1nc(C#N)c(C(F)F)cc1CO. The van der Waals surface area contributed by atoms with E-state index in [1.165, 1.54) is 7.11 Å². The molecule has 0 bridgehead atoms. The summed E-state index contributed by atoms with van der Waals surface area (Å²) < 4.78 is 29.7. The fourth-order valence-electron chi connectivity index (χ4n) is 1.10. The highest BCUT2D eigenvalue weighted by atomic mass is 19.3. The first-order valence-electron chi connectivity index (χ1n) is 4.01. The van der Waals surface area contributed by atoms with Crippen LogP contribution in [0.15, 0.2) is 6.07 Å². The highest BCUT2D eigenvalue weighted by molar-refractivity contribution is 5.40. The third-order valence-electron chi connectivity index (χ3n) is 1.80. The molecular weight excluding hydrogens is 206 g/mol. The monoisotopic (exact) mass is 214 g/mol. The topological polar surface area (TPSA) is 66.1 Å². The van der Waals surface area contributed by atoms with Gasteiger partial charge in [-0.2, -0.15) is 5.26 Å². The lowest BCUT2D eigenvalue weighted by molar-refractivity contribution is 0.150. The molecule has 0 radical (unpaired) electrons. The van der Waals surface area contributed by atoms with Crippen LogP contribution in [0.1, 0.15) is 23.2 Å². The Morgan fingerprint density at radius 3 is 2.73 bits per heavy atom. The van der Waals surface area contributed by atoms with Crippen molar-refractivity contribution in [2.24, 2.45) is 0 Å². The molecule has 0 unspecified atom stereocenters. The average molecular weight is 214 g/mol. The van der Waals surface area contributed by atoms with Gasteiger partial charge in [0.25, 0.3) is 6.43 Å². The Morgan fingerprint density at radius 1 is 1.67 bits per heavy atom. The van der Waals surface area contributed by atoms with Gasteiger partial charge in [0.1, 0.15) is 6.07 Å². The predicted octanol–water partition coefficient (Wildman–Crippen LogP) is 1.39. The summed E-state index contributed by atoms with van der Waals surface area (Å²) in [6.45, 7) is -0.471. The van der Waals surface area contributed by atoms with Crippen LogP contribution in [0.2, 0.25) is 0 Å². The van der Waals surface area contributed by atoms with Gasteiger partial charge in [-0.15, -0.1) is 0 Å². The van der Waals surface area contributed by atoms with Crippen molar-refractivity contribution in [1.82, 2.24) is 4.98 Å². The van der Waals surface area contributed by atoms with Gasteiger partial charge < -0.3 is 9.84 Å². The predicted molar refractivity (Wildman–Crippen MR) is 46.4 cm³/mol.